The molecule has 3 aromatic rings. The lowest BCUT2D eigenvalue weighted by Crippen LogP contribution is -2.41. The minimum Gasteiger partial charge on any atom is -0.399 e. The van der Waals surface area contributed by atoms with Gasteiger partial charge in [0.05, 0.1) is 11.2 Å². The predicted molar refractivity (Wildman–Crippen MR) is 111 cm³/mol. The van der Waals surface area contributed by atoms with Crippen molar-refractivity contribution in [3.8, 4) is 21.6 Å². The van der Waals surface area contributed by atoms with Crippen LogP contribution >= 0.6 is 11.3 Å². The molecule has 1 fully saturated rings. The van der Waals surface area contributed by atoms with Gasteiger partial charge >= 0.3 is 7.12 Å². The van der Waals surface area contributed by atoms with Gasteiger partial charge in [0.25, 0.3) is 0 Å². The molecule has 4 heteroatoms. The highest BCUT2D eigenvalue weighted by molar-refractivity contribution is 7.25. The molecule has 0 saturated carbocycles. The summed E-state index contributed by atoms with van der Waals surface area (Å²) < 4.78 is 13.7. The molecule has 132 valence electrons. The maximum absolute atomic E-state index is 6.28. The Kier molecular flexibility index (Phi) is 4.30. The Labute approximate surface area is 159 Å². The maximum Gasteiger partial charge on any atom is 0.505 e. The quantitative estimate of drug-likeness (QED) is 0.583. The van der Waals surface area contributed by atoms with Crippen molar-refractivity contribution in [2.24, 2.45) is 0 Å². The first kappa shape index (κ1) is 17.5. The molecule has 0 spiro atoms. The molecule has 0 amide bonds. The zero-order chi connectivity index (χ0) is 18.4. The molecule has 4 rings (SSSR count). The maximum atomic E-state index is 6.28. The molecule has 0 bridgehead atoms. The van der Waals surface area contributed by atoms with Gasteiger partial charge in [-0.1, -0.05) is 60.7 Å². The Hall–Kier alpha value is -1.88. The van der Waals surface area contributed by atoms with Crippen LogP contribution < -0.4 is 4.78 Å². The van der Waals surface area contributed by atoms with Crippen molar-refractivity contribution in [3.63, 3.8) is 0 Å². The van der Waals surface area contributed by atoms with E-state index in [1.54, 1.807) is 11.3 Å². The zero-order valence-corrected chi connectivity index (χ0v) is 16.5. The highest BCUT2D eigenvalue weighted by atomic mass is 32.1. The van der Waals surface area contributed by atoms with E-state index in [-0.39, 0.29) is 18.3 Å². The second-order valence-corrected chi connectivity index (χ2v) is 8.80. The molecule has 0 atom stereocenters. The predicted octanol–water partition coefficient (Wildman–Crippen LogP) is 5.38. The molecule has 2 aromatic carbocycles. The Morgan fingerprint density at radius 1 is 0.731 bits per heavy atom. The smallest absolute Gasteiger partial charge is 0.399 e. The van der Waals surface area contributed by atoms with Crippen LogP contribution in [0.5, 0.6) is 0 Å². The molecule has 2 heterocycles. The summed E-state index contributed by atoms with van der Waals surface area (Å²) in [6.45, 7) is 8.38. The van der Waals surface area contributed by atoms with Crippen molar-refractivity contribution in [2.45, 2.75) is 38.9 Å². The summed E-state index contributed by atoms with van der Waals surface area (Å²) in [6.07, 6.45) is 0. The van der Waals surface area contributed by atoms with E-state index < -0.39 is 0 Å². The van der Waals surface area contributed by atoms with Gasteiger partial charge in [-0.3, -0.25) is 0 Å². The van der Waals surface area contributed by atoms with E-state index >= 15 is 0 Å². The normalized spacial score (nSPS) is 18.2. The highest BCUT2D eigenvalue weighted by Gasteiger charge is 2.52. The van der Waals surface area contributed by atoms with E-state index in [9.17, 15) is 0 Å². The van der Waals surface area contributed by atoms with Crippen LogP contribution in [0.4, 0.5) is 0 Å². The third-order valence-electron chi connectivity index (χ3n) is 5.36. The van der Waals surface area contributed by atoms with Gasteiger partial charge in [-0.05, 0) is 50.5 Å². The molecule has 1 saturated heterocycles. The van der Waals surface area contributed by atoms with Crippen LogP contribution in [0.1, 0.15) is 27.7 Å². The monoisotopic (exact) mass is 362 g/mol. The van der Waals surface area contributed by atoms with Crippen molar-refractivity contribution in [2.75, 3.05) is 0 Å². The summed E-state index contributed by atoms with van der Waals surface area (Å²) in [6, 6.07) is 23.3. The molecule has 2 nitrogen and oxygen atoms in total. The molecule has 0 N–H and O–H groups in total. The average molecular weight is 362 g/mol. The first-order valence-corrected chi connectivity index (χ1v) is 9.79. The van der Waals surface area contributed by atoms with Crippen molar-refractivity contribution >= 4 is 23.2 Å². The average Bonchev–Trinajstić information content (AvgIpc) is 3.16. The molecule has 1 aliphatic heterocycles. The Balaban J connectivity index is 1.80. The van der Waals surface area contributed by atoms with Gasteiger partial charge in [-0.25, -0.2) is 0 Å². The van der Waals surface area contributed by atoms with E-state index in [1.807, 2.05) is 6.07 Å². The van der Waals surface area contributed by atoms with Gasteiger partial charge in [0.15, 0.2) is 0 Å². The largest absolute Gasteiger partial charge is 0.505 e. The highest BCUT2D eigenvalue weighted by Crippen LogP contribution is 2.40. The van der Waals surface area contributed by atoms with E-state index in [4.69, 9.17) is 9.31 Å². The second kappa shape index (κ2) is 6.38. The molecule has 1 aromatic heterocycles. The van der Waals surface area contributed by atoms with E-state index in [0.717, 1.165) is 4.78 Å². The van der Waals surface area contributed by atoms with Gasteiger partial charge < -0.3 is 9.31 Å². The summed E-state index contributed by atoms with van der Waals surface area (Å²) in [5.74, 6) is 0. The minimum atomic E-state index is -0.332. The number of hydrogen-bond acceptors (Lipinski definition) is 3. The Bertz CT molecular complexity index is 827. The van der Waals surface area contributed by atoms with Crippen molar-refractivity contribution < 1.29 is 9.31 Å². The summed E-state index contributed by atoms with van der Waals surface area (Å²) in [5.41, 5.74) is 3.00. The van der Waals surface area contributed by atoms with Crippen LogP contribution in [0.2, 0.25) is 0 Å². The molecule has 0 unspecified atom stereocenters. The fourth-order valence-corrected chi connectivity index (χ4v) is 4.27. The Morgan fingerprint density at radius 3 is 1.77 bits per heavy atom. The second-order valence-electron chi connectivity index (χ2n) is 7.71. The van der Waals surface area contributed by atoms with Gasteiger partial charge in [0, 0.05) is 9.65 Å². The molecular weight excluding hydrogens is 339 g/mol. The lowest BCUT2D eigenvalue weighted by Gasteiger charge is -2.32. The van der Waals surface area contributed by atoms with E-state index in [2.05, 4.69) is 88.4 Å². The minimum absolute atomic E-state index is 0.329. The van der Waals surface area contributed by atoms with Gasteiger partial charge in [-0.15, -0.1) is 11.3 Å². The molecule has 26 heavy (non-hydrogen) atoms. The van der Waals surface area contributed by atoms with Crippen LogP contribution in [-0.4, -0.2) is 18.3 Å². The SMILES string of the molecule is CC1(C)OB(c2cc(-c3ccccc3)c(-c3ccccc3)s2)OC1(C)C. The fourth-order valence-electron chi connectivity index (χ4n) is 3.12. The zero-order valence-electron chi connectivity index (χ0n) is 15.7. The van der Waals surface area contributed by atoms with Crippen molar-refractivity contribution in [3.05, 3.63) is 66.7 Å². The van der Waals surface area contributed by atoms with Gasteiger partial charge in [0.2, 0.25) is 0 Å². The summed E-state index contributed by atoms with van der Waals surface area (Å²) in [5, 5.41) is 0. The first-order chi connectivity index (χ1) is 12.4. The third kappa shape index (κ3) is 3.03. The van der Waals surface area contributed by atoms with E-state index in [0.29, 0.717) is 0 Å². The van der Waals surface area contributed by atoms with E-state index in [1.165, 1.54) is 21.6 Å². The summed E-state index contributed by atoms with van der Waals surface area (Å²) in [4.78, 5) is 1.25. The van der Waals surface area contributed by atoms with Crippen LogP contribution in [0.3, 0.4) is 0 Å². The summed E-state index contributed by atoms with van der Waals surface area (Å²) >= 11 is 1.76. The number of thiophene rings is 1. The van der Waals surface area contributed by atoms with Crippen LogP contribution in [0, 0.1) is 0 Å². The van der Waals surface area contributed by atoms with Gasteiger partial charge in [0.1, 0.15) is 0 Å². The Morgan fingerprint density at radius 2 is 1.23 bits per heavy atom. The summed E-state index contributed by atoms with van der Waals surface area (Å²) in [7, 11) is -0.329. The standard InChI is InChI=1S/C22H23BO2S/c1-21(2)22(3,4)25-23(24-21)19-15-18(16-11-7-5-8-12-16)20(26-19)17-13-9-6-10-14-17/h5-15H,1-4H3. The first-order valence-electron chi connectivity index (χ1n) is 8.98. The fraction of sp³-hybridized carbons (Fsp3) is 0.273. The lowest BCUT2D eigenvalue weighted by atomic mass is 9.86. The van der Waals surface area contributed by atoms with Crippen molar-refractivity contribution in [1.29, 1.82) is 0 Å². The topological polar surface area (TPSA) is 18.5 Å². The van der Waals surface area contributed by atoms with Gasteiger partial charge in [-0.2, -0.15) is 0 Å². The van der Waals surface area contributed by atoms with Crippen molar-refractivity contribution in [1.82, 2.24) is 0 Å². The molecule has 0 aliphatic carbocycles. The van der Waals surface area contributed by atoms with Crippen LogP contribution in [0.25, 0.3) is 21.6 Å². The number of rotatable bonds is 3. The van der Waals surface area contributed by atoms with Crippen LogP contribution in [-0.2, 0) is 9.31 Å². The van der Waals surface area contributed by atoms with Crippen LogP contribution in [0.15, 0.2) is 66.7 Å². The molecular formula is C22H23BO2S. The molecule has 1 aliphatic rings. The number of benzene rings is 2. The third-order valence-corrected chi connectivity index (χ3v) is 6.56. The lowest BCUT2D eigenvalue weighted by molar-refractivity contribution is 0.00578. The molecule has 0 radical (unpaired) electrons. The number of hydrogen-bond donors (Lipinski definition) is 0.